The van der Waals surface area contributed by atoms with E-state index in [1.165, 1.54) is 26.4 Å². The lowest BCUT2D eigenvalue weighted by Crippen LogP contribution is -2.50. The number of nitrogens with zero attached hydrogens (tertiary/aromatic N) is 1. The fraction of sp³-hybridized carbons (Fsp3) is 0.923. The first-order valence-corrected chi connectivity index (χ1v) is 6.22. The van der Waals surface area contributed by atoms with Gasteiger partial charge in [-0.2, -0.15) is 0 Å². The van der Waals surface area contributed by atoms with Crippen LogP contribution in [0, 0.1) is 5.41 Å². The Morgan fingerprint density at radius 3 is 2.25 bits per heavy atom. The fourth-order valence-electron chi connectivity index (χ4n) is 2.58. The Kier molecular flexibility index (Phi) is 4.36. The molecule has 0 N–H and O–H groups in total. The Morgan fingerprint density at radius 2 is 1.81 bits per heavy atom. The summed E-state index contributed by atoms with van der Waals surface area (Å²) in [6, 6.07) is 1.15. The van der Waals surface area contributed by atoms with Gasteiger partial charge >= 0.3 is 5.97 Å². The van der Waals surface area contributed by atoms with Gasteiger partial charge < -0.3 is 4.74 Å². The summed E-state index contributed by atoms with van der Waals surface area (Å²) in [5.41, 5.74) is -0.408. The van der Waals surface area contributed by atoms with E-state index < -0.39 is 5.41 Å². The quantitative estimate of drug-likeness (QED) is 0.694. The highest BCUT2D eigenvalue weighted by molar-refractivity contribution is 5.76. The van der Waals surface area contributed by atoms with E-state index in [4.69, 9.17) is 4.74 Å². The van der Waals surface area contributed by atoms with Crippen LogP contribution in [0.15, 0.2) is 0 Å². The Labute approximate surface area is 99.1 Å². The normalized spacial score (nSPS) is 27.8. The van der Waals surface area contributed by atoms with Gasteiger partial charge in [0.25, 0.3) is 0 Å². The van der Waals surface area contributed by atoms with Crippen molar-refractivity contribution in [1.82, 2.24) is 4.90 Å². The summed E-state index contributed by atoms with van der Waals surface area (Å²) in [4.78, 5) is 14.1. The van der Waals surface area contributed by atoms with Crippen molar-refractivity contribution in [3.8, 4) is 0 Å². The summed E-state index contributed by atoms with van der Waals surface area (Å²) >= 11 is 0. The Hall–Kier alpha value is -0.570. The van der Waals surface area contributed by atoms with Gasteiger partial charge in [0.15, 0.2) is 0 Å². The highest BCUT2D eigenvalue weighted by Crippen LogP contribution is 2.28. The molecule has 0 unspecified atom stereocenters. The predicted octanol–water partition coefficient (Wildman–Crippen LogP) is 2.45. The van der Waals surface area contributed by atoms with Crippen LogP contribution in [0.25, 0.3) is 0 Å². The van der Waals surface area contributed by atoms with Crippen molar-refractivity contribution in [2.45, 2.75) is 59.0 Å². The molecule has 0 radical (unpaired) electrons. The van der Waals surface area contributed by atoms with Crippen molar-refractivity contribution in [3.05, 3.63) is 0 Å². The summed E-state index contributed by atoms with van der Waals surface area (Å²) in [6.45, 7) is 9.23. The van der Waals surface area contributed by atoms with Crippen molar-refractivity contribution < 1.29 is 9.53 Å². The molecule has 0 bridgehead atoms. The van der Waals surface area contributed by atoms with Crippen molar-refractivity contribution >= 4 is 5.97 Å². The van der Waals surface area contributed by atoms with Gasteiger partial charge in [-0.05, 0) is 40.5 Å². The maximum atomic E-state index is 11.7. The molecule has 0 spiro atoms. The molecule has 16 heavy (non-hydrogen) atoms. The van der Waals surface area contributed by atoms with E-state index in [0.717, 1.165) is 6.54 Å². The molecule has 1 fully saturated rings. The third-order valence-electron chi connectivity index (χ3n) is 3.69. The van der Waals surface area contributed by atoms with Crippen LogP contribution >= 0.6 is 0 Å². The molecule has 94 valence electrons. The molecule has 3 heteroatoms. The standard InChI is InChI=1S/C13H25NO2/c1-10-7-6-8-11(2)14(10)9-13(3,4)12(15)16-5/h10-11H,6-9H2,1-5H3/t10-,11+. The van der Waals surface area contributed by atoms with Gasteiger partial charge in [-0.1, -0.05) is 6.42 Å². The average Bonchev–Trinajstić information content (AvgIpc) is 2.22. The summed E-state index contributed by atoms with van der Waals surface area (Å²) in [5.74, 6) is -0.113. The third-order valence-corrected chi connectivity index (χ3v) is 3.69. The molecule has 0 aromatic heterocycles. The van der Waals surface area contributed by atoms with Crippen LogP contribution in [0.3, 0.4) is 0 Å². The van der Waals surface area contributed by atoms with Crippen LogP contribution in [-0.2, 0) is 9.53 Å². The maximum absolute atomic E-state index is 11.7. The number of carbonyl (C=O) groups is 1. The van der Waals surface area contributed by atoms with E-state index in [0.29, 0.717) is 12.1 Å². The van der Waals surface area contributed by atoms with Gasteiger partial charge in [-0.15, -0.1) is 0 Å². The number of methoxy groups -OCH3 is 1. The maximum Gasteiger partial charge on any atom is 0.312 e. The second kappa shape index (κ2) is 5.17. The first kappa shape index (κ1) is 13.5. The molecule has 0 amide bonds. The summed E-state index contributed by atoms with van der Waals surface area (Å²) < 4.78 is 4.86. The second-order valence-corrected chi connectivity index (χ2v) is 5.68. The van der Waals surface area contributed by atoms with Gasteiger partial charge in [-0.25, -0.2) is 0 Å². The van der Waals surface area contributed by atoms with Crippen LogP contribution in [0.2, 0.25) is 0 Å². The minimum Gasteiger partial charge on any atom is -0.469 e. The lowest BCUT2D eigenvalue weighted by molar-refractivity contribution is -0.152. The smallest absolute Gasteiger partial charge is 0.312 e. The number of ether oxygens (including phenoxy) is 1. The highest BCUT2D eigenvalue weighted by Gasteiger charge is 2.35. The molecule has 0 aliphatic carbocycles. The number of carbonyl (C=O) groups excluding carboxylic acids is 1. The summed E-state index contributed by atoms with van der Waals surface area (Å²) in [6.07, 6.45) is 3.78. The zero-order chi connectivity index (χ0) is 12.3. The van der Waals surface area contributed by atoms with E-state index >= 15 is 0 Å². The van der Waals surface area contributed by atoms with Crippen molar-refractivity contribution in [2.24, 2.45) is 5.41 Å². The van der Waals surface area contributed by atoms with E-state index in [-0.39, 0.29) is 5.97 Å². The molecule has 1 aliphatic rings. The van der Waals surface area contributed by atoms with Gasteiger partial charge in [0.2, 0.25) is 0 Å². The third kappa shape index (κ3) is 2.97. The number of piperidine rings is 1. The van der Waals surface area contributed by atoms with Crippen molar-refractivity contribution in [1.29, 1.82) is 0 Å². The minimum atomic E-state index is -0.408. The molecule has 0 aromatic rings. The van der Waals surface area contributed by atoms with Crippen LogP contribution in [0.5, 0.6) is 0 Å². The van der Waals surface area contributed by atoms with Crippen molar-refractivity contribution in [2.75, 3.05) is 13.7 Å². The SMILES string of the molecule is COC(=O)C(C)(C)CN1[C@H](C)CCC[C@@H]1C. The van der Waals surface area contributed by atoms with E-state index in [1.807, 2.05) is 13.8 Å². The summed E-state index contributed by atoms with van der Waals surface area (Å²) in [5, 5.41) is 0. The zero-order valence-electron chi connectivity index (χ0n) is 11.2. The van der Waals surface area contributed by atoms with E-state index in [1.54, 1.807) is 0 Å². The Balaban J connectivity index is 2.67. The molecule has 1 rings (SSSR count). The monoisotopic (exact) mass is 227 g/mol. The fourth-order valence-corrected chi connectivity index (χ4v) is 2.58. The largest absolute Gasteiger partial charge is 0.469 e. The molecule has 1 aliphatic heterocycles. The molecule has 0 aromatic carbocycles. The topological polar surface area (TPSA) is 29.5 Å². The number of likely N-dealkylation sites (tertiary alicyclic amines) is 1. The van der Waals surface area contributed by atoms with Crippen LogP contribution in [-0.4, -0.2) is 36.6 Å². The zero-order valence-corrected chi connectivity index (χ0v) is 11.2. The van der Waals surface area contributed by atoms with Crippen LogP contribution in [0.1, 0.15) is 47.0 Å². The Bertz CT molecular complexity index is 240. The van der Waals surface area contributed by atoms with Gasteiger partial charge in [0.05, 0.1) is 12.5 Å². The lowest BCUT2D eigenvalue weighted by atomic mass is 9.88. The number of esters is 1. The van der Waals surface area contributed by atoms with Crippen molar-refractivity contribution in [3.63, 3.8) is 0 Å². The van der Waals surface area contributed by atoms with Gasteiger partial charge in [-0.3, -0.25) is 9.69 Å². The number of rotatable bonds is 3. The molecule has 1 saturated heterocycles. The Morgan fingerprint density at radius 1 is 1.31 bits per heavy atom. The molecule has 2 atom stereocenters. The average molecular weight is 227 g/mol. The second-order valence-electron chi connectivity index (χ2n) is 5.68. The molecular formula is C13H25NO2. The van der Waals surface area contributed by atoms with Crippen LogP contribution < -0.4 is 0 Å². The lowest BCUT2D eigenvalue weighted by Gasteiger charge is -2.42. The molecule has 1 heterocycles. The molecule has 0 saturated carbocycles. The minimum absolute atomic E-state index is 0.113. The first-order chi connectivity index (χ1) is 7.38. The van der Waals surface area contributed by atoms with Crippen LogP contribution in [0.4, 0.5) is 0 Å². The van der Waals surface area contributed by atoms with Gasteiger partial charge in [0.1, 0.15) is 0 Å². The highest BCUT2D eigenvalue weighted by atomic mass is 16.5. The number of hydrogen-bond acceptors (Lipinski definition) is 3. The van der Waals surface area contributed by atoms with Gasteiger partial charge in [0, 0.05) is 18.6 Å². The molecule has 3 nitrogen and oxygen atoms in total. The predicted molar refractivity (Wildman–Crippen MR) is 65.3 cm³/mol. The summed E-state index contributed by atoms with van der Waals surface area (Å²) in [7, 11) is 1.47. The molecular weight excluding hydrogens is 202 g/mol. The van der Waals surface area contributed by atoms with E-state index in [2.05, 4.69) is 18.7 Å². The number of hydrogen-bond donors (Lipinski definition) is 0. The first-order valence-electron chi connectivity index (χ1n) is 6.22. The van der Waals surface area contributed by atoms with E-state index in [9.17, 15) is 4.79 Å².